The number of ether oxygens (including phenoxy) is 3. The lowest BCUT2D eigenvalue weighted by atomic mass is 10.2. The van der Waals surface area contributed by atoms with Crippen LogP contribution in [-0.2, 0) is 14.8 Å². The molecule has 0 aliphatic heterocycles. The summed E-state index contributed by atoms with van der Waals surface area (Å²) in [6.45, 7) is 5.23. The van der Waals surface area contributed by atoms with Gasteiger partial charge in [-0.1, -0.05) is 42.0 Å². The smallest absolute Gasteiger partial charge is 0.264 e. The van der Waals surface area contributed by atoms with Gasteiger partial charge in [0.2, 0.25) is 0 Å². The molecule has 0 heterocycles. The molecule has 3 aromatic carbocycles. The van der Waals surface area contributed by atoms with E-state index in [9.17, 15) is 13.2 Å². The Bertz CT molecular complexity index is 1430. The Morgan fingerprint density at radius 3 is 2.34 bits per heavy atom. The maximum atomic E-state index is 13.5. The average molecular weight is 558 g/mol. The van der Waals surface area contributed by atoms with Crippen molar-refractivity contribution in [2.75, 3.05) is 31.7 Å². The highest BCUT2D eigenvalue weighted by Crippen LogP contribution is 2.32. The number of amides is 1. The van der Waals surface area contributed by atoms with Gasteiger partial charge in [-0.05, 0) is 61.0 Å². The first-order chi connectivity index (χ1) is 18.2. The van der Waals surface area contributed by atoms with Gasteiger partial charge in [0.05, 0.1) is 36.0 Å². The number of carbonyl (C=O) groups excluding carboxylic acids is 1. The zero-order chi connectivity index (χ0) is 27.7. The van der Waals surface area contributed by atoms with E-state index in [1.54, 1.807) is 36.4 Å². The van der Waals surface area contributed by atoms with Crippen LogP contribution in [0, 0.1) is 6.92 Å². The number of rotatable bonds is 12. The van der Waals surface area contributed by atoms with Gasteiger partial charge in [0.25, 0.3) is 15.9 Å². The summed E-state index contributed by atoms with van der Waals surface area (Å²) in [5.74, 6) is 0.716. The lowest BCUT2D eigenvalue weighted by molar-refractivity contribution is -0.119. The molecule has 0 fully saturated rings. The van der Waals surface area contributed by atoms with Crippen LogP contribution in [0.25, 0.3) is 0 Å². The van der Waals surface area contributed by atoms with E-state index in [1.165, 1.54) is 50.8 Å². The van der Waals surface area contributed by atoms with Crippen LogP contribution in [0.15, 0.2) is 83.3 Å². The number of halogens is 1. The molecular formula is C27H28ClN3O6S. The molecule has 0 bridgehead atoms. The summed E-state index contributed by atoms with van der Waals surface area (Å²) in [5, 5.41) is 4.16. The largest absolute Gasteiger partial charge is 0.495 e. The monoisotopic (exact) mass is 557 g/mol. The summed E-state index contributed by atoms with van der Waals surface area (Å²) in [6.07, 6.45) is 3.02. The van der Waals surface area contributed by atoms with Crippen LogP contribution in [0.4, 0.5) is 5.69 Å². The van der Waals surface area contributed by atoms with E-state index >= 15 is 0 Å². The molecule has 0 spiro atoms. The molecular weight excluding hydrogens is 530 g/mol. The first kappa shape index (κ1) is 28.5. The second-order valence-electron chi connectivity index (χ2n) is 7.95. The van der Waals surface area contributed by atoms with E-state index in [4.69, 9.17) is 25.8 Å². The van der Waals surface area contributed by atoms with E-state index in [-0.39, 0.29) is 15.6 Å². The minimum atomic E-state index is -4.12. The summed E-state index contributed by atoms with van der Waals surface area (Å²) in [5.41, 5.74) is 4.08. The number of anilines is 1. The van der Waals surface area contributed by atoms with Crippen molar-refractivity contribution >= 4 is 39.4 Å². The van der Waals surface area contributed by atoms with Crippen LogP contribution in [0.2, 0.25) is 5.02 Å². The van der Waals surface area contributed by atoms with E-state index in [1.807, 2.05) is 6.92 Å². The lowest BCUT2D eigenvalue weighted by Crippen LogP contribution is -2.39. The van der Waals surface area contributed by atoms with E-state index in [0.717, 1.165) is 9.87 Å². The molecule has 0 radical (unpaired) electrons. The second-order valence-corrected chi connectivity index (χ2v) is 10.2. The highest BCUT2D eigenvalue weighted by molar-refractivity contribution is 7.92. The molecule has 3 aromatic rings. The number of sulfonamides is 1. The predicted molar refractivity (Wildman–Crippen MR) is 148 cm³/mol. The van der Waals surface area contributed by atoms with Crippen molar-refractivity contribution in [3.05, 3.63) is 89.5 Å². The third-order valence-corrected chi connectivity index (χ3v) is 7.35. The molecule has 0 aromatic heterocycles. The van der Waals surface area contributed by atoms with Crippen LogP contribution in [0.5, 0.6) is 17.2 Å². The maximum Gasteiger partial charge on any atom is 0.264 e. The molecule has 38 heavy (non-hydrogen) atoms. The van der Waals surface area contributed by atoms with Gasteiger partial charge in [0.15, 0.2) is 11.5 Å². The molecule has 0 saturated carbocycles. The summed E-state index contributed by atoms with van der Waals surface area (Å²) in [7, 11) is -1.16. The topological polar surface area (TPSA) is 107 Å². The number of methoxy groups -OCH3 is 2. The normalized spacial score (nSPS) is 11.2. The van der Waals surface area contributed by atoms with Crippen molar-refractivity contribution < 1.29 is 27.4 Å². The van der Waals surface area contributed by atoms with Crippen LogP contribution in [0.3, 0.4) is 0 Å². The molecule has 1 amide bonds. The van der Waals surface area contributed by atoms with Gasteiger partial charge >= 0.3 is 0 Å². The quantitative estimate of drug-likeness (QED) is 0.198. The van der Waals surface area contributed by atoms with E-state index < -0.39 is 22.5 Å². The Morgan fingerprint density at radius 1 is 1.03 bits per heavy atom. The highest BCUT2D eigenvalue weighted by Gasteiger charge is 2.28. The number of nitrogens with zero attached hydrogens (tertiary/aromatic N) is 2. The van der Waals surface area contributed by atoms with Gasteiger partial charge in [-0.3, -0.25) is 9.10 Å². The highest BCUT2D eigenvalue weighted by atomic mass is 35.5. The summed E-state index contributed by atoms with van der Waals surface area (Å²) < 4.78 is 44.0. The van der Waals surface area contributed by atoms with Crippen LogP contribution < -0.4 is 23.9 Å². The van der Waals surface area contributed by atoms with Gasteiger partial charge in [0, 0.05) is 0 Å². The number of aryl methyl sites for hydroxylation is 1. The standard InChI is InChI=1S/C27H28ClN3O6S/c1-5-14-37-25-12-8-20(15-26(25)36-4)17-29-30-27(32)18-31(21-9-13-24(35-3)23(28)16-21)38(33,34)22-10-6-19(2)7-11-22/h5-13,15-17H,1,14,18H2,2-4H3,(H,30,32)/b29-17-. The van der Waals surface area contributed by atoms with Crippen molar-refractivity contribution in [1.82, 2.24) is 5.43 Å². The van der Waals surface area contributed by atoms with Crippen LogP contribution in [0.1, 0.15) is 11.1 Å². The molecule has 0 aliphatic rings. The molecule has 0 aliphatic carbocycles. The van der Waals surface area contributed by atoms with Crippen molar-refractivity contribution in [3.63, 3.8) is 0 Å². The Kier molecular flexibility index (Phi) is 9.75. The SMILES string of the molecule is C=CCOc1ccc(/C=N\NC(=O)CN(c2ccc(OC)c(Cl)c2)S(=O)(=O)c2ccc(C)cc2)cc1OC. The first-order valence-corrected chi connectivity index (χ1v) is 13.2. The molecule has 0 saturated heterocycles. The predicted octanol–water partition coefficient (Wildman–Crippen LogP) is 4.58. The summed E-state index contributed by atoms with van der Waals surface area (Å²) in [4.78, 5) is 12.8. The number of nitrogens with one attached hydrogen (secondary N) is 1. The molecule has 11 heteroatoms. The minimum Gasteiger partial charge on any atom is -0.495 e. The second kappa shape index (κ2) is 13.0. The minimum absolute atomic E-state index is 0.0252. The zero-order valence-corrected chi connectivity index (χ0v) is 22.8. The van der Waals surface area contributed by atoms with Gasteiger partial charge in [-0.25, -0.2) is 13.8 Å². The van der Waals surface area contributed by atoms with Gasteiger partial charge in [-0.15, -0.1) is 0 Å². The van der Waals surface area contributed by atoms with Crippen LogP contribution in [-0.4, -0.2) is 47.9 Å². The fraction of sp³-hybridized carbons (Fsp3) is 0.185. The molecule has 200 valence electrons. The Morgan fingerprint density at radius 2 is 1.71 bits per heavy atom. The van der Waals surface area contributed by atoms with Crippen molar-refractivity contribution in [1.29, 1.82) is 0 Å². The Labute approximate surface area is 227 Å². The zero-order valence-electron chi connectivity index (χ0n) is 21.2. The van der Waals surface area contributed by atoms with Gasteiger partial charge in [0.1, 0.15) is 18.9 Å². The summed E-state index contributed by atoms with van der Waals surface area (Å²) in [6, 6.07) is 15.9. The van der Waals surface area contributed by atoms with Crippen LogP contribution >= 0.6 is 11.6 Å². The van der Waals surface area contributed by atoms with Crippen molar-refractivity contribution in [2.24, 2.45) is 5.10 Å². The van der Waals surface area contributed by atoms with E-state index in [2.05, 4.69) is 17.1 Å². The van der Waals surface area contributed by atoms with Gasteiger partial charge < -0.3 is 14.2 Å². The first-order valence-electron chi connectivity index (χ1n) is 11.4. The number of carbonyl (C=O) groups is 1. The lowest BCUT2D eigenvalue weighted by Gasteiger charge is -2.24. The number of benzene rings is 3. The number of hydrogen-bond acceptors (Lipinski definition) is 7. The molecule has 0 unspecified atom stereocenters. The average Bonchev–Trinajstić information content (AvgIpc) is 2.91. The fourth-order valence-electron chi connectivity index (χ4n) is 3.34. The third-order valence-electron chi connectivity index (χ3n) is 5.27. The summed E-state index contributed by atoms with van der Waals surface area (Å²) >= 11 is 6.25. The van der Waals surface area contributed by atoms with Crippen molar-refractivity contribution in [3.8, 4) is 17.2 Å². The Balaban J connectivity index is 1.83. The molecule has 9 nitrogen and oxygen atoms in total. The van der Waals surface area contributed by atoms with Gasteiger partial charge in [-0.2, -0.15) is 5.10 Å². The maximum absolute atomic E-state index is 13.5. The molecule has 1 N–H and O–H groups in total. The van der Waals surface area contributed by atoms with Crippen molar-refractivity contribution in [2.45, 2.75) is 11.8 Å². The van der Waals surface area contributed by atoms with E-state index in [0.29, 0.717) is 29.4 Å². The number of hydrazone groups is 1. The number of hydrogen-bond donors (Lipinski definition) is 1. The fourth-order valence-corrected chi connectivity index (χ4v) is 5.00. The Hall–Kier alpha value is -4.02. The third kappa shape index (κ3) is 7.05. The molecule has 3 rings (SSSR count). The molecule has 0 atom stereocenters.